The monoisotopic (exact) mass is 265 g/mol. The van der Waals surface area contributed by atoms with Crippen molar-refractivity contribution in [2.24, 2.45) is 5.92 Å². The molecule has 2 rings (SSSR count). The van der Waals surface area contributed by atoms with Gasteiger partial charge in [-0.25, -0.2) is 0 Å². The van der Waals surface area contributed by atoms with Crippen LogP contribution in [0.25, 0.3) is 0 Å². The van der Waals surface area contributed by atoms with Crippen LogP contribution in [0.3, 0.4) is 0 Å². The number of nitrogens with zero attached hydrogens (tertiary/aromatic N) is 2. The van der Waals surface area contributed by atoms with Crippen molar-refractivity contribution in [3.63, 3.8) is 0 Å². The highest BCUT2D eigenvalue weighted by atomic mass is 19.4. The van der Waals surface area contributed by atoms with E-state index in [-0.39, 0.29) is 0 Å². The largest absolute Gasteiger partial charge is 0.401 e. The predicted octanol–water partition coefficient (Wildman–Crippen LogP) is 1.16. The van der Waals surface area contributed by atoms with Crippen LogP contribution in [0.4, 0.5) is 13.2 Å². The molecular formula is C12H22F3N3. The smallest absolute Gasteiger partial charge is 0.319 e. The Kier molecular flexibility index (Phi) is 4.50. The number of rotatable bonds is 4. The lowest BCUT2D eigenvalue weighted by Gasteiger charge is -2.47. The second-order valence-electron chi connectivity index (χ2n) is 5.39. The first-order chi connectivity index (χ1) is 8.49. The standard InChI is InChI=1S/C12H22F3N3/c1-16-8-10-2-3-11(10)18-6-4-17(5-7-18)9-12(13,14)15/h10-11,16H,2-9H2,1H3. The van der Waals surface area contributed by atoms with Gasteiger partial charge in [-0.05, 0) is 32.4 Å². The first kappa shape index (κ1) is 14.1. The first-order valence-corrected chi connectivity index (χ1v) is 6.67. The summed E-state index contributed by atoms with van der Waals surface area (Å²) in [5, 5.41) is 3.19. The van der Waals surface area contributed by atoms with Gasteiger partial charge >= 0.3 is 6.18 Å². The molecule has 0 aromatic heterocycles. The fourth-order valence-corrected chi connectivity index (χ4v) is 3.04. The molecule has 0 aromatic carbocycles. The molecule has 1 aliphatic heterocycles. The summed E-state index contributed by atoms with van der Waals surface area (Å²) in [5.41, 5.74) is 0. The zero-order chi connectivity index (χ0) is 13.2. The van der Waals surface area contributed by atoms with Crippen molar-refractivity contribution in [2.45, 2.75) is 25.1 Å². The number of piperazine rings is 1. The summed E-state index contributed by atoms with van der Waals surface area (Å²) in [6, 6.07) is 0.588. The van der Waals surface area contributed by atoms with Gasteiger partial charge in [-0.2, -0.15) is 13.2 Å². The second-order valence-corrected chi connectivity index (χ2v) is 5.39. The van der Waals surface area contributed by atoms with E-state index in [0.717, 1.165) is 19.6 Å². The molecule has 2 fully saturated rings. The zero-order valence-electron chi connectivity index (χ0n) is 10.8. The van der Waals surface area contributed by atoms with Gasteiger partial charge in [0, 0.05) is 32.2 Å². The average molecular weight is 265 g/mol. The van der Waals surface area contributed by atoms with E-state index in [0.29, 0.717) is 25.0 Å². The molecule has 106 valence electrons. The van der Waals surface area contributed by atoms with Crippen molar-refractivity contribution in [2.75, 3.05) is 46.3 Å². The molecule has 3 nitrogen and oxygen atoms in total. The highest BCUT2D eigenvalue weighted by Crippen LogP contribution is 2.32. The maximum absolute atomic E-state index is 12.3. The molecule has 1 aliphatic carbocycles. The highest BCUT2D eigenvalue weighted by Gasteiger charge is 2.38. The van der Waals surface area contributed by atoms with Gasteiger partial charge in [0.15, 0.2) is 0 Å². The third-order valence-corrected chi connectivity index (χ3v) is 4.12. The Morgan fingerprint density at radius 2 is 1.78 bits per heavy atom. The number of hydrogen-bond acceptors (Lipinski definition) is 3. The number of alkyl halides is 3. The molecule has 0 amide bonds. The van der Waals surface area contributed by atoms with Crippen molar-refractivity contribution in [3.05, 3.63) is 0 Å². The van der Waals surface area contributed by atoms with Crippen molar-refractivity contribution < 1.29 is 13.2 Å². The van der Waals surface area contributed by atoms with Crippen LogP contribution in [0.2, 0.25) is 0 Å². The average Bonchev–Trinajstić information content (AvgIpc) is 2.25. The molecule has 0 bridgehead atoms. The molecule has 0 spiro atoms. The highest BCUT2D eigenvalue weighted by molar-refractivity contribution is 4.91. The molecule has 1 saturated carbocycles. The van der Waals surface area contributed by atoms with Crippen molar-refractivity contribution >= 4 is 0 Å². The predicted molar refractivity (Wildman–Crippen MR) is 64.5 cm³/mol. The van der Waals surface area contributed by atoms with E-state index in [9.17, 15) is 13.2 Å². The molecule has 0 radical (unpaired) electrons. The van der Waals surface area contributed by atoms with Crippen LogP contribution in [0.15, 0.2) is 0 Å². The molecule has 2 atom stereocenters. The van der Waals surface area contributed by atoms with Crippen LogP contribution in [-0.4, -0.2) is 68.3 Å². The van der Waals surface area contributed by atoms with Gasteiger partial charge in [0.05, 0.1) is 6.54 Å². The van der Waals surface area contributed by atoms with Crippen LogP contribution in [0.5, 0.6) is 0 Å². The third kappa shape index (κ3) is 3.59. The van der Waals surface area contributed by atoms with Crippen LogP contribution < -0.4 is 5.32 Å². The van der Waals surface area contributed by atoms with E-state index < -0.39 is 12.7 Å². The molecule has 0 aromatic rings. The lowest BCUT2D eigenvalue weighted by molar-refractivity contribution is -0.150. The van der Waals surface area contributed by atoms with Gasteiger partial charge in [0.2, 0.25) is 0 Å². The van der Waals surface area contributed by atoms with E-state index in [1.165, 1.54) is 17.7 Å². The summed E-state index contributed by atoms with van der Waals surface area (Å²) in [6.07, 6.45) is -1.62. The number of halogens is 3. The SMILES string of the molecule is CNCC1CCC1N1CCN(CC(F)(F)F)CC1. The van der Waals surface area contributed by atoms with Crippen LogP contribution in [0, 0.1) is 5.92 Å². The Hall–Kier alpha value is -0.330. The van der Waals surface area contributed by atoms with Crippen LogP contribution in [0.1, 0.15) is 12.8 Å². The summed E-state index contributed by atoms with van der Waals surface area (Å²) in [4.78, 5) is 3.89. The summed E-state index contributed by atoms with van der Waals surface area (Å²) in [7, 11) is 1.96. The molecule has 2 unspecified atom stereocenters. The van der Waals surface area contributed by atoms with E-state index >= 15 is 0 Å². The normalized spacial score (nSPS) is 31.3. The Morgan fingerprint density at radius 1 is 1.11 bits per heavy atom. The minimum Gasteiger partial charge on any atom is -0.319 e. The number of nitrogens with one attached hydrogen (secondary N) is 1. The number of hydrogen-bond donors (Lipinski definition) is 1. The Morgan fingerprint density at radius 3 is 2.22 bits per heavy atom. The molecule has 2 aliphatic rings. The summed E-state index contributed by atoms with van der Waals surface area (Å²) >= 11 is 0. The van der Waals surface area contributed by atoms with Gasteiger partial charge in [-0.15, -0.1) is 0 Å². The molecule has 1 saturated heterocycles. The minimum absolute atomic E-state index is 0.544. The zero-order valence-corrected chi connectivity index (χ0v) is 10.8. The Bertz CT molecular complexity index is 262. The molecule has 18 heavy (non-hydrogen) atoms. The third-order valence-electron chi connectivity index (χ3n) is 4.12. The van der Waals surface area contributed by atoms with E-state index in [4.69, 9.17) is 0 Å². The van der Waals surface area contributed by atoms with Gasteiger partial charge in [0.25, 0.3) is 0 Å². The van der Waals surface area contributed by atoms with Gasteiger partial charge in [-0.3, -0.25) is 9.80 Å². The van der Waals surface area contributed by atoms with Crippen molar-refractivity contribution in [1.29, 1.82) is 0 Å². The quantitative estimate of drug-likeness (QED) is 0.823. The molecule has 1 heterocycles. The lowest BCUT2D eigenvalue weighted by atomic mass is 9.78. The lowest BCUT2D eigenvalue weighted by Crippen LogP contribution is -2.57. The van der Waals surface area contributed by atoms with Crippen molar-refractivity contribution in [1.82, 2.24) is 15.1 Å². The van der Waals surface area contributed by atoms with Crippen LogP contribution in [-0.2, 0) is 0 Å². The first-order valence-electron chi connectivity index (χ1n) is 6.67. The van der Waals surface area contributed by atoms with Gasteiger partial charge in [0.1, 0.15) is 0 Å². The summed E-state index contributed by atoms with van der Waals surface area (Å²) in [5.74, 6) is 0.684. The van der Waals surface area contributed by atoms with E-state index in [1.807, 2.05) is 7.05 Å². The Balaban J connectivity index is 1.73. The minimum atomic E-state index is -4.06. The Labute approximate surface area is 106 Å². The summed E-state index contributed by atoms with van der Waals surface area (Å²) < 4.78 is 36.8. The molecular weight excluding hydrogens is 243 g/mol. The second kappa shape index (κ2) is 5.75. The van der Waals surface area contributed by atoms with Gasteiger partial charge < -0.3 is 5.32 Å². The molecule has 1 N–H and O–H groups in total. The van der Waals surface area contributed by atoms with E-state index in [2.05, 4.69) is 10.2 Å². The fourth-order valence-electron chi connectivity index (χ4n) is 3.04. The maximum Gasteiger partial charge on any atom is 0.401 e. The molecule has 6 heteroatoms. The van der Waals surface area contributed by atoms with Crippen molar-refractivity contribution in [3.8, 4) is 0 Å². The summed E-state index contributed by atoms with van der Waals surface area (Å²) in [6.45, 7) is 2.91. The topological polar surface area (TPSA) is 18.5 Å². The van der Waals surface area contributed by atoms with Crippen LogP contribution >= 0.6 is 0 Å². The van der Waals surface area contributed by atoms with Gasteiger partial charge in [-0.1, -0.05) is 0 Å². The van der Waals surface area contributed by atoms with E-state index in [1.54, 1.807) is 0 Å². The fraction of sp³-hybridized carbons (Fsp3) is 1.00. The maximum atomic E-state index is 12.3.